The van der Waals surface area contributed by atoms with Crippen LogP contribution in [0.5, 0.6) is 0 Å². The molecule has 64 valence electrons. The molecule has 0 amide bonds. The molecule has 0 saturated carbocycles. The van der Waals surface area contributed by atoms with Crippen LogP contribution in [0.1, 0.15) is 13.8 Å². The van der Waals surface area contributed by atoms with Crippen LogP contribution < -0.4 is 0 Å². The van der Waals surface area contributed by atoms with Gasteiger partial charge in [-0.05, 0) is 5.92 Å². The van der Waals surface area contributed by atoms with Crippen molar-refractivity contribution in [1.82, 2.24) is 0 Å². The molecule has 2 nitrogen and oxygen atoms in total. The van der Waals surface area contributed by atoms with Gasteiger partial charge in [0.2, 0.25) is 0 Å². The molecule has 1 aliphatic heterocycles. The van der Waals surface area contributed by atoms with Crippen LogP contribution in [0.15, 0.2) is 4.40 Å². The lowest BCUT2D eigenvalue weighted by Gasteiger charge is -2.14. The zero-order valence-corrected chi connectivity index (χ0v) is 7.69. The standard InChI is InChI=1S/C7H12FNOS/c1-4(2)5-6(10-3)7(8)11-9-5/h4,6-7H,1-3H3. The number of ether oxygens (including phenoxy) is 1. The molecule has 0 aromatic heterocycles. The molecule has 11 heavy (non-hydrogen) atoms. The Morgan fingerprint density at radius 3 is 2.64 bits per heavy atom. The third kappa shape index (κ3) is 1.73. The number of alkyl halides is 1. The summed E-state index contributed by atoms with van der Waals surface area (Å²) < 4.78 is 21.9. The van der Waals surface area contributed by atoms with E-state index in [-0.39, 0.29) is 5.92 Å². The monoisotopic (exact) mass is 177 g/mol. The molecule has 0 N–H and O–H groups in total. The molecule has 0 aliphatic carbocycles. The van der Waals surface area contributed by atoms with Gasteiger partial charge >= 0.3 is 0 Å². The normalized spacial score (nSPS) is 31.2. The molecule has 2 atom stereocenters. The minimum atomic E-state index is -1.02. The van der Waals surface area contributed by atoms with E-state index in [0.29, 0.717) is 0 Å². The van der Waals surface area contributed by atoms with E-state index in [4.69, 9.17) is 4.74 Å². The highest BCUT2D eigenvalue weighted by molar-refractivity contribution is 7.99. The van der Waals surface area contributed by atoms with Crippen molar-refractivity contribution in [3.63, 3.8) is 0 Å². The fourth-order valence-electron chi connectivity index (χ4n) is 1.01. The Morgan fingerprint density at radius 2 is 2.27 bits per heavy atom. The number of nitrogens with zero attached hydrogens (tertiary/aromatic N) is 1. The minimum absolute atomic E-state index is 0.271. The third-order valence-corrected chi connectivity index (χ3v) is 2.40. The summed E-state index contributed by atoms with van der Waals surface area (Å²) in [6.45, 7) is 3.98. The number of methoxy groups -OCH3 is 1. The Bertz CT molecular complexity index is 172. The molecule has 1 rings (SSSR count). The second-order valence-corrected chi connectivity index (χ2v) is 3.63. The zero-order chi connectivity index (χ0) is 8.43. The van der Waals surface area contributed by atoms with Gasteiger partial charge in [0.1, 0.15) is 6.10 Å². The van der Waals surface area contributed by atoms with Gasteiger partial charge in [0.15, 0.2) is 5.50 Å². The molecule has 2 unspecified atom stereocenters. The summed E-state index contributed by atoms with van der Waals surface area (Å²) in [4.78, 5) is 0. The SMILES string of the molecule is COC1C(C(C)C)=NSC1F. The van der Waals surface area contributed by atoms with Crippen molar-refractivity contribution in [2.75, 3.05) is 7.11 Å². The Hall–Kier alpha value is -0.0900. The Kier molecular flexibility index (Phi) is 2.90. The summed E-state index contributed by atoms with van der Waals surface area (Å²) in [6.07, 6.45) is -0.431. The topological polar surface area (TPSA) is 21.6 Å². The maximum absolute atomic E-state index is 12.9. The quantitative estimate of drug-likeness (QED) is 0.602. The molecule has 0 bridgehead atoms. The van der Waals surface area contributed by atoms with Gasteiger partial charge < -0.3 is 4.74 Å². The van der Waals surface area contributed by atoms with Gasteiger partial charge in [-0.25, -0.2) is 8.79 Å². The molecule has 1 heterocycles. The molecule has 1 aliphatic rings. The van der Waals surface area contributed by atoms with Crippen LogP contribution >= 0.6 is 11.9 Å². The van der Waals surface area contributed by atoms with Crippen molar-refractivity contribution in [2.45, 2.75) is 25.5 Å². The molecular weight excluding hydrogens is 165 g/mol. The fraction of sp³-hybridized carbons (Fsp3) is 0.857. The van der Waals surface area contributed by atoms with E-state index in [0.717, 1.165) is 17.7 Å². The van der Waals surface area contributed by atoms with Crippen LogP contribution in [-0.4, -0.2) is 24.4 Å². The summed E-state index contributed by atoms with van der Waals surface area (Å²) in [5.41, 5.74) is -0.192. The van der Waals surface area contributed by atoms with E-state index in [1.807, 2.05) is 13.8 Å². The summed E-state index contributed by atoms with van der Waals surface area (Å²) in [7, 11) is 1.51. The van der Waals surface area contributed by atoms with Gasteiger partial charge in [-0.2, -0.15) is 0 Å². The largest absolute Gasteiger partial charge is 0.371 e. The van der Waals surface area contributed by atoms with Crippen LogP contribution in [0, 0.1) is 5.92 Å². The lowest BCUT2D eigenvalue weighted by molar-refractivity contribution is 0.117. The average molecular weight is 177 g/mol. The van der Waals surface area contributed by atoms with E-state index in [1.165, 1.54) is 7.11 Å². The summed E-state index contributed by atoms with van der Waals surface area (Å²) in [5, 5.41) is 0. The lowest BCUT2D eigenvalue weighted by Crippen LogP contribution is -2.29. The maximum Gasteiger partial charge on any atom is 0.198 e. The summed E-state index contributed by atoms with van der Waals surface area (Å²) in [5.74, 6) is 0.271. The second-order valence-electron chi connectivity index (χ2n) is 2.78. The van der Waals surface area contributed by atoms with Crippen LogP contribution in [-0.2, 0) is 4.74 Å². The summed E-state index contributed by atoms with van der Waals surface area (Å²) in [6, 6.07) is 0. The molecule has 0 spiro atoms. The van der Waals surface area contributed by atoms with E-state index < -0.39 is 11.6 Å². The first-order valence-electron chi connectivity index (χ1n) is 3.57. The second kappa shape index (κ2) is 3.54. The van der Waals surface area contributed by atoms with Crippen molar-refractivity contribution in [3.8, 4) is 0 Å². The van der Waals surface area contributed by atoms with Gasteiger partial charge in [0, 0.05) is 19.1 Å². The molecule has 0 aromatic carbocycles. The number of hydrogen-bond donors (Lipinski definition) is 0. The summed E-state index contributed by atoms with van der Waals surface area (Å²) >= 11 is 0.963. The maximum atomic E-state index is 12.9. The first kappa shape index (κ1) is 9.00. The van der Waals surface area contributed by atoms with Crippen molar-refractivity contribution in [3.05, 3.63) is 0 Å². The van der Waals surface area contributed by atoms with Crippen LogP contribution in [0.4, 0.5) is 4.39 Å². The van der Waals surface area contributed by atoms with Gasteiger partial charge in [-0.1, -0.05) is 13.8 Å². The predicted octanol–water partition coefficient (Wildman–Crippen LogP) is 2.06. The third-order valence-electron chi connectivity index (χ3n) is 1.63. The fourth-order valence-corrected chi connectivity index (χ4v) is 1.91. The molecule has 4 heteroatoms. The predicted molar refractivity (Wildman–Crippen MR) is 45.6 cm³/mol. The minimum Gasteiger partial charge on any atom is -0.371 e. The van der Waals surface area contributed by atoms with Crippen molar-refractivity contribution >= 4 is 17.7 Å². The van der Waals surface area contributed by atoms with Crippen molar-refractivity contribution < 1.29 is 9.13 Å². The smallest absolute Gasteiger partial charge is 0.198 e. The average Bonchev–Trinajstić information content (AvgIpc) is 2.30. The molecule has 0 saturated heterocycles. The number of hydrogen-bond acceptors (Lipinski definition) is 3. The molecule has 0 fully saturated rings. The Balaban J connectivity index is 2.65. The highest BCUT2D eigenvalue weighted by Gasteiger charge is 2.33. The molecule has 0 aromatic rings. The number of halogens is 1. The lowest BCUT2D eigenvalue weighted by atomic mass is 10.0. The number of rotatable bonds is 2. The highest BCUT2D eigenvalue weighted by Crippen LogP contribution is 2.30. The van der Waals surface area contributed by atoms with Gasteiger partial charge in [0.05, 0.1) is 5.71 Å². The zero-order valence-electron chi connectivity index (χ0n) is 6.87. The van der Waals surface area contributed by atoms with Crippen molar-refractivity contribution in [2.24, 2.45) is 10.3 Å². The van der Waals surface area contributed by atoms with E-state index in [1.54, 1.807) is 0 Å². The van der Waals surface area contributed by atoms with Gasteiger partial charge in [0.25, 0.3) is 0 Å². The van der Waals surface area contributed by atoms with Gasteiger partial charge in [-0.15, -0.1) is 0 Å². The van der Waals surface area contributed by atoms with Crippen molar-refractivity contribution in [1.29, 1.82) is 0 Å². The van der Waals surface area contributed by atoms with Crippen LogP contribution in [0.3, 0.4) is 0 Å². The Morgan fingerprint density at radius 1 is 1.64 bits per heavy atom. The first-order chi connectivity index (χ1) is 5.16. The van der Waals surface area contributed by atoms with E-state index in [2.05, 4.69) is 4.40 Å². The van der Waals surface area contributed by atoms with Crippen LogP contribution in [0.25, 0.3) is 0 Å². The van der Waals surface area contributed by atoms with E-state index in [9.17, 15) is 4.39 Å². The van der Waals surface area contributed by atoms with Crippen LogP contribution in [0.2, 0.25) is 0 Å². The molecule has 0 radical (unpaired) electrons. The highest BCUT2D eigenvalue weighted by atomic mass is 32.2. The Labute approximate surface area is 70.4 Å². The molecular formula is C7H12FNOS. The first-order valence-corrected chi connectivity index (χ1v) is 4.41. The van der Waals surface area contributed by atoms with E-state index >= 15 is 0 Å². The van der Waals surface area contributed by atoms with Gasteiger partial charge in [-0.3, -0.25) is 0 Å².